The molecule has 1 heterocycles. The summed E-state index contributed by atoms with van der Waals surface area (Å²) in [6.45, 7) is 1.88. The number of hydrogen-bond acceptors (Lipinski definition) is 4. The highest BCUT2D eigenvalue weighted by Crippen LogP contribution is 2.30. The lowest BCUT2D eigenvalue weighted by Gasteiger charge is -2.08. The van der Waals surface area contributed by atoms with Gasteiger partial charge in [0.25, 0.3) is 6.43 Å². The van der Waals surface area contributed by atoms with Gasteiger partial charge in [-0.3, -0.25) is 4.79 Å². The second-order valence-electron chi connectivity index (χ2n) is 3.25. The lowest BCUT2D eigenvalue weighted by Crippen LogP contribution is -2.10. The number of aromatic nitrogens is 1. The summed E-state index contributed by atoms with van der Waals surface area (Å²) in [6, 6.07) is 2.88. The summed E-state index contributed by atoms with van der Waals surface area (Å²) in [4.78, 5) is 15.0. The number of hydrogen-bond donors (Lipinski definition) is 0. The fourth-order valence-electron chi connectivity index (χ4n) is 1.32. The van der Waals surface area contributed by atoms with E-state index in [-0.39, 0.29) is 23.2 Å². The summed E-state index contributed by atoms with van der Waals surface area (Å²) in [5, 5.41) is 8.77. The molecule has 0 spiro atoms. The van der Waals surface area contributed by atoms with Crippen LogP contribution < -0.4 is 0 Å². The molecule has 0 aliphatic rings. The van der Waals surface area contributed by atoms with Gasteiger partial charge in [0.1, 0.15) is 6.07 Å². The molecule has 0 N–H and O–H groups in total. The molecule has 1 aromatic rings. The van der Waals surface area contributed by atoms with Crippen molar-refractivity contribution in [2.45, 2.75) is 19.8 Å². The Balaban J connectivity index is 3.08. The number of rotatable bonds is 4. The molecule has 0 aromatic carbocycles. The fourth-order valence-corrected chi connectivity index (χ4v) is 1.94. The van der Waals surface area contributed by atoms with Gasteiger partial charge in [-0.2, -0.15) is 5.26 Å². The highest BCUT2D eigenvalue weighted by atomic mass is 79.9. The Bertz CT molecular complexity index is 501. The molecule has 0 amide bonds. The molecule has 0 atom stereocenters. The molecular weight excluding hydrogens is 310 g/mol. The molecule has 18 heavy (non-hydrogen) atoms. The van der Waals surface area contributed by atoms with E-state index in [0.717, 1.165) is 0 Å². The molecule has 96 valence electrons. The third kappa shape index (κ3) is 3.47. The molecular formula is C11H9BrF2N2O2. The average molecular weight is 319 g/mol. The van der Waals surface area contributed by atoms with E-state index < -0.39 is 23.7 Å². The maximum absolute atomic E-state index is 12.7. The minimum atomic E-state index is -2.81. The Labute approximate surface area is 111 Å². The second-order valence-corrected chi connectivity index (χ2v) is 4.11. The van der Waals surface area contributed by atoms with E-state index >= 15 is 0 Å². The molecule has 0 aliphatic heterocycles. The number of alkyl halides is 2. The second kappa shape index (κ2) is 6.40. The minimum absolute atomic E-state index is 0.0587. The highest BCUT2D eigenvalue weighted by molar-refractivity contribution is 9.10. The summed E-state index contributed by atoms with van der Waals surface area (Å²) >= 11 is 2.95. The van der Waals surface area contributed by atoms with Crippen molar-refractivity contribution in [3.05, 3.63) is 27.5 Å². The number of nitriles is 1. The van der Waals surface area contributed by atoms with Gasteiger partial charge >= 0.3 is 5.97 Å². The molecule has 0 bridgehead atoms. The largest absolute Gasteiger partial charge is 0.466 e. The minimum Gasteiger partial charge on any atom is -0.466 e. The van der Waals surface area contributed by atoms with Crippen LogP contribution in [-0.2, 0) is 16.0 Å². The van der Waals surface area contributed by atoms with Gasteiger partial charge in [0.05, 0.1) is 24.3 Å². The van der Waals surface area contributed by atoms with Crippen LogP contribution >= 0.6 is 15.9 Å². The third-order valence-corrected chi connectivity index (χ3v) is 2.67. The molecule has 1 aromatic heterocycles. The van der Waals surface area contributed by atoms with Crippen molar-refractivity contribution >= 4 is 21.9 Å². The Morgan fingerprint density at radius 1 is 1.67 bits per heavy atom. The molecule has 7 heteroatoms. The zero-order valence-electron chi connectivity index (χ0n) is 9.41. The predicted molar refractivity (Wildman–Crippen MR) is 61.9 cm³/mol. The van der Waals surface area contributed by atoms with E-state index in [0.29, 0.717) is 0 Å². The quantitative estimate of drug-likeness (QED) is 0.801. The maximum atomic E-state index is 12.7. The Morgan fingerprint density at radius 2 is 2.33 bits per heavy atom. The molecule has 0 saturated carbocycles. The van der Waals surface area contributed by atoms with E-state index in [1.807, 2.05) is 0 Å². The van der Waals surface area contributed by atoms with Gasteiger partial charge in [-0.15, -0.1) is 0 Å². The fraction of sp³-hybridized carbons (Fsp3) is 0.364. The van der Waals surface area contributed by atoms with Crippen LogP contribution in [0.25, 0.3) is 0 Å². The van der Waals surface area contributed by atoms with E-state index in [1.54, 1.807) is 13.0 Å². The van der Waals surface area contributed by atoms with Crippen LogP contribution in [0.4, 0.5) is 8.78 Å². The van der Waals surface area contributed by atoms with Gasteiger partial charge < -0.3 is 4.74 Å². The van der Waals surface area contributed by atoms with E-state index in [2.05, 4.69) is 20.9 Å². The van der Waals surface area contributed by atoms with Crippen molar-refractivity contribution in [1.82, 2.24) is 4.98 Å². The molecule has 4 nitrogen and oxygen atoms in total. The Morgan fingerprint density at radius 3 is 2.83 bits per heavy atom. The number of esters is 1. The van der Waals surface area contributed by atoms with Crippen LogP contribution in [0, 0.1) is 11.3 Å². The molecule has 0 radical (unpaired) electrons. The summed E-state index contributed by atoms with van der Waals surface area (Å²) in [7, 11) is 0. The SMILES string of the molecule is CCOC(=O)Cc1cc(Br)c(C(F)F)c(C#N)n1. The van der Waals surface area contributed by atoms with Crippen molar-refractivity contribution < 1.29 is 18.3 Å². The number of ether oxygens (including phenoxy) is 1. The predicted octanol–water partition coefficient (Wildman–Crippen LogP) is 2.76. The zero-order chi connectivity index (χ0) is 13.7. The summed E-state index contributed by atoms with van der Waals surface area (Å²) < 4.78 is 30.1. The first-order chi connectivity index (χ1) is 8.49. The van der Waals surface area contributed by atoms with E-state index in [9.17, 15) is 13.6 Å². The molecule has 0 aliphatic carbocycles. The number of nitrogens with zero attached hydrogens (tertiary/aromatic N) is 2. The molecule has 0 saturated heterocycles. The monoisotopic (exact) mass is 318 g/mol. The average Bonchev–Trinajstić information content (AvgIpc) is 2.27. The van der Waals surface area contributed by atoms with Crippen LogP contribution in [0.3, 0.4) is 0 Å². The van der Waals surface area contributed by atoms with Gasteiger partial charge in [-0.25, -0.2) is 13.8 Å². The van der Waals surface area contributed by atoms with Gasteiger partial charge in [-0.05, 0) is 13.0 Å². The van der Waals surface area contributed by atoms with Gasteiger partial charge in [0.15, 0.2) is 5.69 Å². The third-order valence-electron chi connectivity index (χ3n) is 2.02. The van der Waals surface area contributed by atoms with Gasteiger partial charge in [0, 0.05) is 4.47 Å². The van der Waals surface area contributed by atoms with Crippen molar-refractivity contribution in [2.24, 2.45) is 0 Å². The first-order valence-corrected chi connectivity index (χ1v) is 5.82. The van der Waals surface area contributed by atoms with Crippen molar-refractivity contribution in [3.63, 3.8) is 0 Å². The number of carbonyl (C=O) groups is 1. The zero-order valence-corrected chi connectivity index (χ0v) is 11.0. The Kier molecular flexibility index (Phi) is 5.16. The summed E-state index contributed by atoms with van der Waals surface area (Å²) in [5.41, 5.74) is -0.648. The van der Waals surface area contributed by atoms with Gasteiger partial charge in [-0.1, -0.05) is 15.9 Å². The first kappa shape index (κ1) is 14.5. The van der Waals surface area contributed by atoms with Crippen LogP contribution in [0.1, 0.15) is 30.3 Å². The van der Waals surface area contributed by atoms with Crippen LogP contribution in [0.15, 0.2) is 10.5 Å². The number of halogens is 3. The lowest BCUT2D eigenvalue weighted by atomic mass is 10.1. The van der Waals surface area contributed by atoms with E-state index in [1.165, 1.54) is 6.07 Å². The van der Waals surface area contributed by atoms with E-state index in [4.69, 9.17) is 10.00 Å². The first-order valence-electron chi connectivity index (χ1n) is 5.02. The lowest BCUT2D eigenvalue weighted by molar-refractivity contribution is -0.142. The number of pyridine rings is 1. The summed E-state index contributed by atoms with van der Waals surface area (Å²) in [5.74, 6) is -0.523. The van der Waals surface area contributed by atoms with Crippen molar-refractivity contribution in [2.75, 3.05) is 6.61 Å². The maximum Gasteiger partial charge on any atom is 0.311 e. The van der Waals surface area contributed by atoms with Crippen molar-refractivity contribution in [1.29, 1.82) is 5.26 Å². The smallest absolute Gasteiger partial charge is 0.311 e. The van der Waals surface area contributed by atoms with Crippen LogP contribution in [0.2, 0.25) is 0 Å². The van der Waals surface area contributed by atoms with Crippen LogP contribution in [0.5, 0.6) is 0 Å². The van der Waals surface area contributed by atoms with Crippen molar-refractivity contribution in [3.8, 4) is 6.07 Å². The topological polar surface area (TPSA) is 63.0 Å². The number of carbonyl (C=O) groups excluding carboxylic acids is 1. The van der Waals surface area contributed by atoms with Crippen LogP contribution in [-0.4, -0.2) is 17.6 Å². The molecule has 0 fully saturated rings. The molecule has 0 unspecified atom stereocenters. The summed E-state index contributed by atoms with van der Waals surface area (Å²) in [6.07, 6.45) is -2.97. The molecule has 1 rings (SSSR count). The Hall–Kier alpha value is -1.55. The standard InChI is InChI=1S/C11H9BrF2N2O2/c1-2-18-9(17)4-6-3-7(12)10(11(13)14)8(5-15)16-6/h3,11H,2,4H2,1H3. The van der Waals surface area contributed by atoms with Gasteiger partial charge in [0.2, 0.25) is 0 Å². The normalized spacial score (nSPS) is 10.2. The highest BCUT2D eigenvalue weighted by Gasteiger charge is 2.20.